The van der Waals surface area contributed by atoms with Gasteiger partial charge >= 0.3 is 0 Å². The predicted octanol–water partition coefficient (Wildman–Crippen LogP) is 0.530. The molecule has 1 aliphatic carbocycles. The molecule has 0 heterocycles. The van der Waals surface area contributed by atoms with Crippen LogP contribution in [0, 0.1) is 6.92 Å². The molecule has 80 valence electrons. The standard InChI is InChI=1S/C11H14N2O2/c1-6-4-7(2-3-10(6)14)11(15)13-9-5-8(9)12/h2-4,8-9,14H,5,12H2,1H3,(H,13,15). The molecule has 1 aromatic rings. The van der Waals surface area contributed by atoms with Crippen LogP contribution in [0.3, 0.4) is 0 Å². The zero-order valence-electron chi connectivity index (χ0n) is 8.53. The number of aryl methyl sites for hydroxylation is 1. The quantitative estimate of drug-likeness (QED) is 0.660. The van der Waals surface area contributed by atoms with Crippen LogP contribution in [0.15, 0.2) is 18.2 Å². The van der Waals surface area contributed by atoms with Crippen molar-refractivity contribution in [1.82, 2.24) is 5.32 Å². The monoisotopic (exact) mass is 206 g/mol. The highest BCUT2D eigenvalue weighted by atomic mass is 16.3. The maximum Gasteiger partial charge on any atom is 0.251 e. The van der Waals surface area contributed by atoms with Gasteiger partial charge < -0.3 is 16.2 Å². The molecule has 15 heavy (non-hydrogen) atoms. The van der Waals surface area contributed by atoms with Crippen LogP contribution in [0.2, 0.25) is 0 Å². The Balaban J connectivity index is 2.08. The lowest BCUT2D eigenvalue weighted by molar-refractivity contribution is 0.0950. The Labute approximate surface area is 88.1 Å². The highest BCUT2D eigenvalue weighted by molar-refractivity contribution is 5.95. The van der Waals surface area contributed by atoms with Gasteiger partial charge in [-0.15, -0.1) is 0 Å². The summed E-state index contributed by atoms with van der Waals surface area (Å²) in [6.45, 7) is 1.76. The molecular formula is C11H14N2O2. The van der Waals surface area contributed by atoms with E-state index in [0.717, 1.165) is 6.42 Å². The number of phenolic OH excluding ortho intramolecular Hbond substituents is 1. The molecule has 0 spiro atoms. The highest BCUT2D eigenvalue weighted by Gasteiger charge is 2.34. The Morgan fingerprint density at radius 3 is 2.80 bits per heavy atom. The van der Waals surface area contributed by atoms with Crippen molar-refractivity contribution in [3.63, 3.8) is 0 Å². The molecule has 2 rings (SSSR count). The Hall–Kier alpha value is -1.55. The van der Waals surface area contributed by atoms with E-state index in [1.807, 2.05) is 0 Å². The first-order valence-electron chi connectivity index (χ1n) is 4.94. The Bertz CT molecular complexity index is 404. The normalized spacial score (nSPS) is 23.6. The lowest BCUT2D eigenvalue weighted by atomic mass is 10.1. The third-order valence-electron chi connectivity index (χ3n) is 2.62. The minimum absolute atomic E-state index is 0.104. The zero-order chi connectivity index (χ0) is 11.0. The second-order valence-corrected chi connectivity index (χ2v) is 3.98. The first-order valence-corrected chi connectivity index (χ1v) is 4.94. The topological polar surface area (TPSA) is 75.4 Å². The van der Waals surface area contributed by atoms with Crippen molar-refractivity contribution in [2.24, 2.45) is 5.73 Å². The Kier molecular flexibility index (Phi) is 2.36. The lowest BCUT2D eigenvalue weighted by Crippen LogP contribution is -2.29. The maximum absolute atomic E-state index is 11.7. The van der Waals surface area contributed by atoms with Crippen molar-refractivity contribution in [3.05, 3.63) is 29.3 Å². The third kappa shape index (κ3) is 2.10. The summed E-state index contributed by atoms with van der Waals surface area (Å²) in [4.78, 5) is 11.7. The van der Waals surface area contributed by atoms with Gasteiger partial charge in [-0.05, 0) is 37.1 Å². The van der Waals surface area contributed by atoms with Crippen LogP contribution < -0.4 is 11.1 Å². The average molecular weight is 206 g/mol. The van der Waals surface area contributed by atoms with Crippen LogP contribution in [0.5, 0.6) is 5.75 Å². The summed E-state index contributed by atoms with van der Waals surface area (Å²) in [6.07, 6.45) is 0.850. The van der Waals surface area contributed by atoms with Crippen molar-refractivity contribution < 1.29 is 9.90 Å². The summed E-state index contributed by atoms with van der Waals surface area (Å²) in [5.41, 5.74) is 6.85. The molecule has 0 saturated heterocycles. The molecule has 2 atom stereocenters. The van der Waals surface area contributed by atoms with E-state index in [0.29, 0.717) is 11.1 Å². The van der Waals surface area contributed by atoms with Gasteiger partial charge in [0.15, 0.2) is 0 Å². The van der Waals surface area contributed by atoms with Crippen LogP contribution in [-0.4, -0.2) is 23.1 Å². The number of carbonyl (C=O) groups is 1. The minimum Gasteiger partial charge on any atom is -0.508 e. The zero-order valence-corrected chi connectivity index (χ0v) is 8.53. The highest BCUT2D eigenvalue weighted by Crippen LogP contribution is 2.20. The smallest absolute Gasteiger partial charge is 0.251 e. The van der Waals surface area contributed by atoms with E-state index < -0.39 is 0 Å². The lowest BCUT2D eigenvalue weighted by Gasteiger charge is -2.05. The molecule has 1 aromatic carbocycles. The average Bonchev–Trinajstić information content (AvgIpc) is 2.86. The van der Waals surface area contributed by atoms with Gasteiger partial charge in [-0.3, -0.25) is 4.79 Å². The van der Waals surface area contributed by atoms with Gasteiger partial charge in [-0.1, -0.05) is 0 Å². The van der Waals surface area contributed by atoms with Crippen molar-refractivity contribution in [1.29, 1.82) is 0 Å². The molecule has 0 bridgehead atoms. The van der Waals surface area contributed by atoms with Gasteiger partial charge in [0, 0.05) is 17.6 Å². The number of aromatic hydroxyl groups is 1. The van der Waals surface area contributed by atoms with Crippen molar-refractivity contribution >= 4 is 5.91 Å². The molecule has 1 amide bonds. The number of nitrogens with two attached hydrogens (primary N) is 1. The number of hydrogen-bond acceptors (Lipinski definition) is 3. The number of benzene rings is 1. The number of amides is 1. The fourth-order valence-corrected chi connectivity index (χ4v) is 1.43. The van der Waals surface area contributed by atoms with Crippen LogP contribution in [0.25, 0.3) is 0 Å². The Morgan fingerprint density at radius 2 is 2.27 bits per heavy atom. The van der Waals surface area contributed by atoms with Crippen molar-refractivity contribution in [2.75, 3.05) is 0 Å². The summed E-state index contributed by atoms with van der Waals surface area (Å²) in [5.74, 6) is 0.0747. The van der Waals surface area contributed by atoms with Crippen molar-refractivity contribution in [2.45, 2.75) is 25.4 Å². The predicted molar refractivity (Wildman–Crippen MR) is 56.7 cm³/mol. The molecule has 2 unspecified atom stereocenters. The Morgan fingerprint density at radius 1 is 1.60 bits per heavy atom. The van der Waals surface area contributed by atoms with Gasteiger partial charge in [0.2, 0.25) is 0 Å². The second-order valence-electron chi connectivity index (χ2n) is 3.98. The molecule has 0 aliphatic heterocycles. The van der Waals surface area contributed by atoms with Gasteiger partial charge in [0.05, 0.1) is 0 Å². The van der Waals surface area contributed by atoms with Gasteiger partial charge in [0.1, 0.15) is 5.75 Å². The van der Waals surface area contributed by atoms with E-state index >= 15 is 0 Å². The first-order chi connectivity index (χ1) is 7.08. The van der Waals surface area contributed by atoms with E-state index in [4.69, 9.17) is 5.73 Å². The molecule has 0 aromatic heterocycles. The molecule has 1 saturated carbocycles. The molecule has 4 N–H and O–H groups in total. The number of hydrogen-bond donors (Lipinski definition) is 3. The van der Waals surface area contributed by atoms with Crippen LogP contribution in [0.4, 0.5) is 0 Å². The molecule has 1 fully saturated rings. The van der Waals surface area contributed by atoms with E-state index in [-0.39, 0.29) is 23.7 Å². The third-order valence-corrected chi connectivity index (χ3v) is 2.62. The molecule has 4 nitrogen and oxygen atoms in total. The van der Waals surface area contributed by atoms with E-state index in [1.165, 1.54) is 6.07 Å². The molecule has 1 aliphatic rings. The summed E-state index contributed by atoms with van der Waals surface area (Å²) < 4.78 is 0. The largest absolute Gasteiger partial charge is 0.508 e. The fourth-order valence-electron chi connectivity index (χ4n) is 1.43. The number of phenols is 1. The number of rotatable bonds is 2. The van der Waals surface area contributed by atoms with Crippen molar-refractivity contribution in [3.8, 4) is 5.75 Å². The minimum atomic E-state index is -0.129. The van der Waals surface area contributed by atoms with E-state index in [1.54, 1.807) is 19.1 Å². The SMILES string of the molecule is Cc1cc(C(=O)NC2CC2N)ccc1O. The maximum atomic E-state index is 11.7. The van der Waals surface area contributed by atoms with Crippen LogP contribution >= 0.6 is 0 Å². The number of nitrogens with one attached hydrogen (secondary N) is 1. The van der Waals surface area contributed by atoms with E-state index in [9.17, 15) is 9.90 Å². The second kappa shape index (κ2) is 3.55. The summed E-state index contributed by atoms with van der Waals surface area (Å²) in [6, 6.07) is 5.01. The number of carbonyl (C=O) groups excluding carboxylic acids is 1. The first kappa shape index (κ1) is 9.98. The van der Waals surface area contributed by atoms with Crippen LogP contribution in [-0.2, 0) is 0 Å². The summed E-state index contributed by atoms with van der Waals surface area (Å²) in [5, 5.41) is 12.1. The molecular weight excluding hydrogens is 192 g/mol. The van der Waals surface area contributed by atoms with Gasteiger partial charge in [-0.25, -0.2) is 0 Å². The fraction of sp³-hybridized carbons (Fsp3) is 0.364. The molecule has 0 radical (unpaired) electrons. The van der Waals surface area contributed by atoms with Crippen LogP contribution in [0.1, 0.15) is 22.3 Å². The summed E-state index contributed by atoms with van der Waals surface area (Å²) >= 11 is 0. The van der Waals surface area contributed by atoms with Gasteiger partial charge in [0.25, 0.3) is 5.91 Å². The summed E-state index contributed by atoms with van der Waals surface area (Å²) in [7, 11) is 0. The van der Waals surface area contributed by atoms with Gasteiger partial charge in [-0.2, -0.15) is 0 Å². The molecule has 4 heteroatoms. The van der Waals surface area contributed by atoms with E-state index in [2.05, 4.69) is 5.32 Å².